The van der Waals surface area contributed by atoms with Crippen LogP contribution in [0, 0.1) is 0 Å². The lowest BCUT2D eigenvalue weighted by atomic mass is 9.68. The van der Waals surface area contributed by atoms with Crippen LogP contribution in [-0.2, 0) is 5.41 Å². The lowest BCUT2D eigenvalue weighted by Gasteiger charge is -2.36. The molecule has 88 valence electrons. The summed E-state index contributed by atoms with van der Waals surface area (Å²) in [7, 11) is 0. The Morgan fingerprint density at radius 2 is 1.62 bits per heavy atom. The monoisotopic (exact) mass is 216 g/mol. The summed E-state index contributed by atoms with van der Waals surface area (Å²) in [5.74, 6) is 0.648. The van der Waals surface area contributed by atoms with Crippen molar-refractivity contribution in [3.8, 4) is 0 Å². The summed E-state index contributed by atoms with van der Waals surface area (Å²) < 4.78 is 0. The van der Waals surface area contributed by atoms with Crippen LogP contribution in [0.4, 0.5) is 0 Å². The second-order valence-electron chi connectivity index (χ2n) is 5.86. The number of rotatable bonds is 2. The lowest BCUT2D eigenvalue weighted by Crippen LogP contribution is -2.26. The molecule has 0 radical (unpaired) electrons. The van der Waals surface area contributed by atoms with E-state index in [9.17, 15) is 0 Å². The largest absolute Gasteiger partial charge is 0.0620 e. The molecule has 0 bridgehead atoms. The van der Waals surface area contributed by atoms with Crippen LogP contribution in [-0.4, -0.2) is 0 Å². The van der Waals surface area contributed by atoms with Gasteiger partial charge in [0, 0.05) is 0 Å². The van der Waals surface area contributed by atoms with E-state index in [1.165, 1.54) is 32.1 Å². The maximum absolute atomic E-state index is 2.47. The van der Waals surface area contributed by atoms with Gasteiger partial charge >= 0.3 is 0 Å². The first-order chi connectivity index (χ1) is 7.63. The van der Waals surface area contributed by atoms with Crippen molar-refractivity contribution in [1.82, 2.24) is 0 Å². The van der Waals surface area contributed by atoms with E-state index in [0.717, 1.165) is 0 Å². The zero-order valence-corrected chi connectivity index (χ0v) is 10.9. The summed E-state index contributed by atoms with van der Waals surface area (Å²) in [5, 5.41) is 0. The maximum Gasteiger partial charge on any atom is -0.00724 e. The third-order valence-electron chi connectivity index (χ3n) is 4.19. The first-order valence-electron chi connectivity index (χ1n) is 6.73. The molecule has 1 saturated carbocycles. The molecule has 0 atom stereocenters. The molecular formula is C16H24. The van der Waals surface area contributed by atoms with Gasteiger partial charge in [-0.05, 0) is 35.3 Å². The fourth-order valence-electron chi connectivity index (χ4n) is 3.15. The van der Waals surface area contributed by atoms with Crippen LogP contribution >= 0.6 is 0 Å². The van der Waals surface area contributed by atoms with Crippen molar-refractivity contribution in [2.24, 2.45) is 0 Å². The first-order valence-corrected chi connectivity index (χ1v) is 6.73. The predicted molar refractivity (Wildman–Crippen MR) is 71.0 cm³/mol. The fraction of sp³-hybridized carbons (Fsp3) is 0.625. The van der Waals surface area contributed by atoms with Crippen LogP contribution in [0.25, 0.3) is 0 Å². The molecule has 1 aliphatic carbocycles. The van der Waals surface area contributed by atoms with E-state index in [-0.39, 0.29) is 0 Å². The molecule has 0 N–H and O–H groups in total. The Balaban J connectivity index is 2.38. The zero-order chi connectivity index (χ0) is 11.6. The third-order valence-corrected chi connectivity index (χ3v) is 4.19. The van der Waals surface area contributed by atoms with Crippen LogP contribution in [0.3, 0.4) is 0 Å². The smallest absolute Gasteiger partial charge is 0.00724 e. The average Bonchev–Trinajstić information content (AvgIpc) is 2.30. The standard InChI is InChI=1S/C16H24/c1-13(2)14-9-5-6-10-15(14)16(3)11-7-4-8-12-16/h5-6,9-10,13H,4,7-8,11-12H2,1-3H3. The summed E-state index contributed by atoms with van der Waals surface area (Å²) >= 11 is 0. The second kappa shape index (κ2) is 4.61. The molecule has 0 heteroatoms. The number of benzene rings is 1. The second-order valence-corrected chi connectivity index (χ2v) is 5.86. The first kappa shape index (κ1) is 11.7. The molecule has 0 nitrogen and oxygen atoms in total. The highest BCUT2D eigenvalue weighted by molar-refractivity contribution is 5.36. The van der Waals surface area contributed by atoms with Crippen molar-refractivity contribution in [2.45, 2.75) is 64.2 Å². The lowest BCUT2D eigenvalue weighted by molar-refractivity contribution is 0.317. The summed E-state index contributed by atoms with van der Waals surface area (Å²) in [4.78, 5) is 0. The molecular weight excluding hydrogens is 192 g/mol. The van der Waals surface area contributed by atoms with Crippen molar-refractivity contribution >= 4 is 0 Å². The van der Waals surface area contributed by atoms with Crippen molar-refractivity contribution < 1.29 is 0 Å². The SMILES string of the molecule is CC(C)c1ccccc1C1(C)CCCCC1. The molecule has 2 rings (SSSR count). The van der Waals surface area contributed by atoms with Gasteiger partial charge in [0.1, 0.15) is 0 Å². The van der Waals surface area contributed by atoms with Crippen molar-refractivity contribution in [3.63, 3.8) is 0 Å². The van der Waals surface area contributed by atoms with Gasteiger partial charge in [-0.2, -0.15) is 0 Å². The van der Waals surface area contributed by atoms with E-state index in [4.69, 9.17) is 0 Å². The Hall–Kier alpha value is -0.780. The summed E-state index contributed by atoms with van der Waals surface area (Å²) in [6.45, 7) is 7.09. The molecule has 16 heavy (non-hydrogen) atoms. The van der Waals surface area contributed by atoms with E-state index in [0.29, 0.717) is 11.3 Å². The molecule has 1 aromatic rings. The Kier molecular flexibility index (Phi) is 3.37. The minimum absolute atomic E-state index is 0.444. The molecule has 1 aliphatic rings. The fourth-order valence-corrected chi connectivity index (χ4v) is 3.15. The van der Waals surface area contributed by atoms with Crippen LogP contribution in [0.15, 0.2) is 24.3 Å². The number of hydrogen-bond acceptors (Lipinski definition) is 0. The molecule has 1 fully saturated rings. The summed E-state index contributed by atoms with van der Waals surface area (Å²) in [6, 6.07) is 9.08. The maximum atomic E-state index is 2.47. The normalized spacial score (nSPS) is 20.0. The van der Waals surface area contributed by atoms with Crippen molar-refractivity contribution in [2.75, 3.05) is 0 Å². The van der Waals surface area contributed by atoms with Crippen molar-refractivity contribution in [1.29, 1.82) is 0 Å². The van der Waals surface area contributed by atoms with Gasteiger partial charge in [-0.25, -0.2) is 0 Å². The van der Waals surface area contributed by atoms with Crippen LogP contribution < -0.4 is 0 Å². The Morgan fingerprint density at radius 1 is 1.00 bits per heavy atom. The van der Waals surface area contributed by atoms with Gasteiger partial charge < -0.3 is 0 Å². The summed E-state index contributed by atoms with van der Waals surface area (Å²) in [5.41, 5.74) is 3.62. The Bertz CT molecular complexity index is 343. The molecule has 0 unspecified atom stereocenters. The highest BCUT2D eigenvalue weighted by atomic mass is 14.3. The molecule has 0 heterocycles. The van der Waals surface area contributed by atoms with Crippen LogP contribution in [0.5, 0.6) is 0 Å². The van der Waals surface area contributed by atoms with Gasteiger partial charge in [0.05, 0.1) is 0 Å². The van der Waals surface area contributed by atoms with E-state index in [2.05, 4.69) is 45.0 Å². The highest BCUT2D eigenvalue weighted by Crippen LogP contribution is 2.41. The predicted octanol–water partition coefficient (Wildman–Crippen LogP) is 5.03. The van der Waals surface area contributed by atoms with Gasteiger partial charge in [-0.3, -0.25) is 0 Å². The zero-order valence-electron chi connectivity index (χ0n) is 10.9. The van der Waals surface area contributed by atoms with Gasteiger partial charge in [-0.1, -0.05) is 64.3 Å². The van der Waals surface area contributed by atoms with Gasteiger partial charge in [0.25, 0.3) is 0 Å². The van der Waals surface area contributed by atoms with Crippen LogP contribution in [0.1, 0.15) is 69.9 Å². The molecule has 0 aliphatic heterocycles. The van der Waals surface area contributed by atoms with E-state index in [1.807, 2.05) is 0 Å². The van der Waals surface area contributed by atoms with E-state index in [1.54, 1.807) is 11.1 Å². The topological polar surface area (TPSA) is 0 Å². The number of hydrogen-bond donors (Lipinski definition) is 0. The highest BCUT2D eigenvalue weighted by Gasteiger charge is 2.30. The minimum Gasteiger partial charge on any atom is -0.0620 e. The van der Waals surface area contributed by atoms with Gasteiger partial charge in [0.15, 0.2) is 0 Å². The third kappa shape index (κ3) is 2.16. The van der Waals surface area contributed by atoms with E-state index < -0.39 is 0 Å². The Morgan fingerprint density at radius 3 is 2.25 bits per heavy atom. The van der Waals surface area contributed by atoms with E-state index >= 15 is 0 Å². The van der Waals surface area contributed by atoms with Gasteiger partial charge in [-0.15, -0.1) is 0 Å². The molecule has 0 aromatic heterocycles. The van der Waals surface area contributed by atoms with Crippen LogP contribution in [0.2, 0.25) is 0 Å². The molecule has 0 spiro atoms. The minimum atomic E-state index is 0.444. The molecule has 1 aromatic carbocycles. The Labute approximate surface area is 100 Å². The van der Waals surface area contributed by atoms with Gasteiger partial charge in [0.2, 0.25) is 0 Å². The quantitative estimate of drug-likeness (QED) is 0.650. The average molecular weight is 216 g/mol. The molecule has 0 saturated heterocycles. The molecule has 0 amide bonds. The van der Waals surface area contributed by atoms with Crippen molar-refractivity contribution in [3.05, 3.63) is 35.4 Å². The summed E-state index contributed by atoms with van der Waals surface area (Å²) in [6.07, 6.45) is 6.98.